The third-order valence-corrected chi connectivity index (χ3v) is 8.08. The van der Waals surface area contributed by atoms with Gasteiger partial charge in [0.15, 0.2) is 12.0 Å². The largest absolute Gasteiger partial charge is 0.492 e. The Morgan fingerprint density at radius 1 is 1.24 bits per heavy atom. The van der Waals surface area contributed by atoms with E-state index in [4.69, 9.17) is 15.9 Å². The van der Waals surface area contributed by atoms with Crippen molar-refractivity contribution in [1.29, 1.82) is 5.26 Å². The van der Waals surface area contributed by atoms with Gasteiger partial charge in [0, 0.05) is 62.4 Å². The van der Waals surface area contributed by atoms with Gasteiger partial charge < -0.3 is 30.1 Å². The first-order valence-corrected chi connectivity index (χ1v) is 16.6. The van der Waals surface area contributed by atoms with E-state index in [0.717, 1.165) is 50.4 Å². The second kappa shape index (κ2) is 19.2. The van der Waals surface area contributed by atoms with Gasteiger partial charge in [0.2, 0.25) is 5.95 Å². The number of aromatic nitrogens is 3. The first-order chi connectivity index (χ1) is 23.8. The number of amides is 1. The Kier molecular flexibility index (Phi) is 14.5. The van der Waals surface area contributed by atoms with Crippen LogP contribution < -0.4 is 10.6 Å². The van der Waals surface area contributed by atoms with Crippen LogP contribution in [0.3, 0.4) is 0 Å². The predicted molar refractivity (Wildman–Crippen MR) is 184 cm³/mol. The van der Waals surface area contributed by atoms with Crippen molar-refractivity contribution in [2.45, 2.75) is 64.5 Å². The van der Waals surface area contributed by atoms with Gasteiger partial charge in [0.05, 0.1) is 18.4 Å². The number of ether oxygens (including phenoxy) is 2. The molecule has 1 amide bonds. The van der Waals surface area contributed by atoms with E-state index in [1.54, 1.807) is 6.08 Å². The molecule has 3 atom stereocenters. The molecule has 3 N–H and O–H groups in total. The summed E-state index contributed by atoms with van der Waals surface area (Å²) in [7, 11) is 0. The quantitative estimate of drug-likeness (QED) is 0.176. The Bertz CT molecular complexity index is 1560. The number of nitriles is 1. The molecule has 2 aromatic rings. The van der Waals surface area contributed by atoms with Crippen molar-refractivity contribution < 1.29 is 23.8 Å². The number of allylic oxidation sites excluding steroid dienone is 5. The third kappa shape index (κ3) is 11.7. The van der Waals surface area contributed by atoms with Crippen LogP contribution in [0.25, 0.3) is 5.57 Å². The average molecular weight is 673 g/mol. The maximum Gasteiger partial charge on any atom is 0.251 e. The lowest BCUT2D eigenvalue weighted by molar-refractivity contribution is -0.144. The summed E-state index contributed by atoms with van der Waals surface area (Å²) in [6, 6.07) is 10.2. The zero-order valence-electron chi connectivity index (χ0n) is 28.1. The summed E-state index contributed by atoms with van der Waals surface area (Å²) in [6.45, 7) is 8.48. The smallest absolute Gasteiger partial charge is 0.251 e. The molecule has 1 aromatic heterocycles. The molecule has 2 aliphatic rings. The van der Waals surface area contributed by atoms with Crippen LogP contribution in [-0.4, -0.2) is 100 Å². The van der Waals surface area contributed by atoms with Gasteiger partial charge in [-0.15, -0.1) is 0 Å². The van der Waals surface area contributed by atoms with Crippen molar-refractivity contribution in [2.24, 2.45) is 0 Å². The lowest BCUT2D eigenvalue weighted by Gasteiger charge is -2.35. The Labute approximate surface area is 287 Å². The first-order valence-electron chi connectivity index (χ1n) is 16.6. The van der Waals surface area contributed by atoms with Crippen LogP contribution in [-0.2, 0) is 20.8 Å². The number of rotatable bonds is 16. The summed E-state index contributed by atoms with van der Waals surface area (Å²) in [4.78, 5) is 28.9. The minimum Gasteiger partial charge on any atom is -0.492 e. The number of nitrogens with zero attached hydrogens (tertiary/aromatic N) is 6. The molecule has 1 saturated heterocycles. The molecule has 4 rings (SSSR count). The van der Waals surface area contributed by atoms with Crippen LogP contribution in [0.5, 0.6) is 0 Å². The number of likely N-dealkylation sites (tertiary alicyclic amines) is 1. The summed E-state index contributed by atoms with van der Waals surface area (Å²) in [6.07, 6.45) is 12.9. The summed E-state index contributed by atoms with van der Waals surface area (Å²) in [5.74, 6) is 0.769. The molecule has 12 nitrogen and oxygen atoms in total. The van der Waals surface area contributed by atoms with Crippen molar-refractivity contribution in [1.82, 2.24) is 30.1 Å². The molecule has 0 saturated carbocycles. The molecule has 0 spiro atoms. The SMILES string of the molecule is C#COCCN(CCC)CCNCc1ccc(Nc2ncnc(C3=C/C/C=C(/O[C@H]4CCN(C(=O)[C@H](C)O)C[C@H]4F)C/C(C#N)=C\3)n2)cc1. The predicted octanol–water partition coefficient (Wildman–Crippen LogP) is 3.87. The van der Waals surface area contributed by atoms with Gasteiger partial charge in [-0.05, 0) is 56.2 Å². The van der Waals surface area contributed by atoms with Crippen molar-refractivity contribution in [3.63, 3.8) is 0 Å². The summed E-state index contributed by atoms with van der Waals surface area (Å²) in [5.41, 5.74) is 3.03. The van der Waals surface area contributed by atoms with Gasteiger partial charge in [-0.1, -0.05) is 31.6 Å². The maximum atomic E-state index is 14.9. The van der Waals surface area contributed by atoms with E-state index in [0.29, 0.717) is 41.7 Å². The van der Waals surface area contributed by atoms with E-state index in [2.05, 4.69) is 49.6 Å². The number of alkyl halides is 1. The number of aliphatic hydroxyl groups is 1. The molecule has 260 valence electrons. The number of benzene rings is 1. The number of halogens is 1. The third-order valence-electron chi connectivity index (χ3n) is 8.08. The Morgan fingerprint density at radius 2 is 2.06 bits per heavy atom. The van der Waals surface area contributed by atoms with Crippen molar-refractivity contribution >= 4 is 23.1 Å². The Morgan fingerprint density at radius 3 is 2.78 bits per heavy atom. The van der Waals surface area contributed by atoms with Gasteiger partial charge in [0.25, 0.3) is 5.91 Å². The lowest BCUT2D eigenvalue weighted by Crippen LogP contribution is -2.50. The number of terminal acetylenes is 1. The summed E-state index contributed by atoms with van der Waals surface area (Å²) < 4.78 is 26.0. The number of anilines is 2. The topological polar surface area (TPSA) is 149 Å². The van der Waals surface area contributed by atoms with Crippen LogP contribution in [0, 0.1) is 23.9 Å². The van der Waals surface area contributed by atoms with Gasteiger partial charge >= 0.3 is 0 Å². The highest BCUT2D eigenvalue weighted by Gasteiger charge is 2.34. The average Bonchev–Trinajstić information content (AvgIpc) is 3.09. The number of hydrogen-bond acceptors (Lipinski definition) is 11. The van der Waals surface area contributed by atoms with E-state index in [1.807, 2.05) is 36.4 Å². The molecule has 0 unspecified atom stereocenters. The molecule has 1 fully saturated rings. The molecular weight excluding hydrogens is 627 g/mol. The minimum atomic E-state index is -1.41. The standard InChI is InChI=1S/C36H45FN8O4/c1-4-15-44(18-19-48-5-2)17-14-39-23-27-9-11-30(12-10-27)42-36-41-25-40-34(43-36)29-7-6-8-31(21-28(20-29)22-38)49-33-13-16-45(24-32(33)37)35(47)26(3)46/h2,7-12,20,25-26,32-33,39,46H,4,6,13-19,21,23-24H2,1,3H3,(H,40,41,42,43)/b28-20+,29-7+,31-8+/t26-,32+,33-/m0/s1. The van der Waals surface area contributed by atoms with E-state index in [1.165, 1.54) is 18.2 Å². The second-order valence-electron chi connectivity index (χ2n) is 11.9. The number of piperidine rings is 1. The van der Waals surface area contributed by atoms with Gasteiger partial charge in [0.1, 0.15) is 31.2 Å². The first kappa shape index (κ1) is 37.0. The molecule has 2 heterocycles. The van der Waals surface area contributed by atoms with Crippen LogP contribution in [0.4, 0.5) is 16.0 Å². The summed E-state index contributed by atoms with van der Waals surface area (Å²) in [5, 5.41) is 26.1. The van der Waals surface area contributed by atoms with Crippen LogP contribution in [0.15, 0.2) is 60.2 Å². The normalized spacial score (nSPS) is 21.7. The fourth-order valence-electron chi connectivity index (χ4n) is 5.55. The molecule has 1 aliphatic heterocycles. The van der Waals surface area contributed by atoms with Crippen molar-refractivity contribution in [3.8, 4) is 18.6 Å². The van der Waals surface area contributed by atoms with Gasteiger partial charge in [-0.2, -0.15) is 10.2 Å². The zero-order valence-corrected chi connectivity index (χ0v) is 28.1. The van der Waals surface area contributed by atoms with E-state index >= 15 is 0 Å². The minimum absolute atomic E-state index is 0.145. The molecular formula is C36H45FN8O4. The van der Waals surface area contributed by atoms with E-state index in [9.17, 15) is 19.6 Å². The second-order valence-corrected chi connectivity index (χ2v) is 11.9. The highest BCUT2D eigenvalue weighted by atomic mass is 19.1. The fraction of sp³-hybridized carbons (Fsp3) is 0.472. The van der Waals surface area contributed by atoms with Crippen molar-refractivity contribution in [2.75, 3.05) is 51.2 Å². The zero-order chi connectivity index (χ0) is 35.0. The molecule has 1 aromatic carbocycles. The number of aliphatic hydroxyl groups excluding tert-OH is 1. The van der Waals surface area contributed by atoms with Crippen LogP contribution >= 0.6 is 0 Å². The van der Waals surface area contributed by atoms with Crippen molar-refractivity contribution in [3.05, 3.63) is 71.5 Å². The van der Waals surface area contributed by atoms with Crippen LogP contribution in [0.2, 0.25) is 0 Å². The fourth-order valence-corrected chi connectivity index (χ4v) is 5.55. The molecule has 0 radical (unpaired) electrons. The number of carbonyl (C=O) groups excluding carboxylic acids is 1. The van der Waals surface area contributed by atoms with E-state index < -0.39 is 24.3 Å². The summed E-state index contributed by atoms with van der Waals surface area (Å²) >= 11 is 0. The molecule has 0 bridgehead atoms. The lowest BCUT2D eigenvalue weighted by atomic mass is 10.0. The molecule has 13 heteroatoms. The molecule has 49 heavy (non-hydrogen) atoms. The number of nitrogens with one attached hydrogen (secondary N) is 2. The maximum absolute atomic E-state index is 14.9. The van der Waals surface area contributed by atoms with Gasteiger partial charge in [-0.3, -0.25) is 9.69 Å². The van der Waals surface area contributed by atoms with Crippen LogP contribution in [0.1, 0.15) is 50.9 Å². The highest BCUT2D eigenvalue weighted by molar-refractivity contribution is 5.80. The number of hydrogen-bond donors (Lipinski definition) is 3. The van der Waals surface area contributed by atoms with E-state index in [-0.39, 0.29) is 25.9 Å². The highest BCUT2D eigenvalue weighted by Crippen LogP contribution is 2.27. The number of carbonyl (C=O) groups is 1. The Hall–Kier alpha value is -4.82. The van der Waals surface area contributed by atoms with Gasteiger partial charge in [-0.25, -0.2) is 14.4 Å². The molecule has 1 aliphatic carbocycles. The monoisotopic (exact) mass is 672 g/mol. The Balaban J connectivity index is 1.31.